The third kappa shape index (κ3) is 2.03. The Morgan fingerprint density at radius 1 is 1.00 bits per heavy atom. The van der Waals surface area contributed by atoms with Crippen molar-refractivity contribution in [2.24, 2.45) is 0 Å². The molecule has 3 rings (SSSR count). The molecule has 0 aliphatic carbocycles. The van der Waals surface area contributed by atoms with Gasteiger partial charge in [0, 0.05) is 22.5 Å². The van der Waals surface area contributed by atoms with Gasteiger partial charge in [-0.05, 0) is 24.3 Å². The third-order valence-electron chi connectivity index (χ3n) is 3.10. The summed E-state index contributed by atoms with van der Waals surface area (Å²) in [5, 5.41) is 1.39. The van der Waals surface area contributed by atoms with Crippen molar-refractivity contribution in [2.75, 3.05) is 7.11 Å². The Morgan fingerprint density at radius 2 is 1.74 bits per heavy atom. The van der Waals surface area contributed by atoms with E-state index in [-0.39, 0.29) is 5.82 Å². The standard InChI is InChI=1S/C16H12FNO/c1-19-13-8-6-11(7-9-13)16-15(17)14-5-3-2-4-12(14)10-18-16/h2-10H,1H3. The van der Waals surface area contributed by atoms with Crippen LogP contribution >= 0.6 is 0 Å². The lowest BCUT2D eigenvalue weighted by atomic mass is 10.1. The van der Waals surface area contributed by atoms with Gasteiger partial charge in [-0.15, -0.1) is 0 Å². The molecule has 19 heavy (non-hydrogen) atoms. The minimum absolute atomic E-state index is 0.289. The topological polar surface area (TPSA) is 22.1 Å². The number of ether oxygens (including phenoxy) is 1. The highest BCUT2D eigenvalue weighted by atomic mass is 19.1. The number of pyridine rings is 1. The lowest BCUT2D eigenvalue weighted by molar-refractivity contribution is 0.415. The summed E-state index contributed by atoms with van der Waals surface area (Å²) < 4.78 is 19.5. The SMILES string of the molecule is COc1ccc(-c2ncc3ccccc3c2F)cc1. The first-order valence-corrected chi connectivity index (χ1v) is 5.97. The van der Waals surface area contributed by atoms with E-state index in [1.807, 2.05) is 18.2 Å². The number of hydrogen-bond donors (Lipinski definition) is 0. The molecular weight excluding hydrogens is 241 g/mol. The van der Waals surface area contributed by atoms with Crippen LogP contribution in [0.15, 0.2) is 54.7 Å². The summed E-state index contributed by atoms with van der Waals surface area (Å²) in [6, 6.07) is 14.5. The van der Waals surface area contributed by atoms with Crippen LogP contribution in [0.3, 0.4) is 0 Å². The van der Waals surface area contributed by atoms with Crippen molar-refractivity contribution in [3.63, 3.8) is 0 Å². The van der Waals surface area contributed by atoms with Gasteiger partial charge in [0.25, 0.3) is 0 Å². The molecule has 0 amide bonds. The predicted molar refractivity (Wildman–Crippen MR) is 73.7 cm³/mol. The van der Waals surface area contributed by atoms with E-state index in [1.54, 1.807) is 43.6 Å². The van der Waals surface area contributed by atoms with Gasteiger partial charge in [0.15, 0.2) is 5.82 Å². The highest BCUT2D eigenvalue weighted by Gasteiger charge is 2.10. The van der Waals surface area contributed by atoms with Gasteiger partial charge in [-0.3, -0.25) is 4.98 Å². The first kappa shape index (κ1) is 11.7. The Bertz CT molecular complexity index is 722. The molecule has 0 aliphatic heterocycles. The van der Waals surface area contributed by atoms with E-state index in [0.29, 0.717) is 11.1 Å². The van der Waals surface area contributed by atoms with Gasteiger partial charge in [0.2, 0.25) is 0 Å². The quantitative estimate of drug-likeness (QED) is 0.687. The molecule has 1 aromatic heterocycles. The molecule has 0 fully saturated rings. The molecule has 0 saturated heterocycles. The van der Waals surface area contributed by atoms with Crippen LogP contribution in [-0.2, 0) is 0 Å². The Morgan fingerprint density at radius 3 is 2.47 bits per heavy atom. The number of benzene rings is 2. The van der Waals surface area contributed by atoms with Gasteiger partial charge in [0.1, 0.15) is 11.4 Å². The van der Waals surface area contributed by atoms with Crippen LogP contribution in [0, 0.1) is 5.82 Å². The summed E-state index contributed by atoms with van der Waals surface area (Å²) in [6.07, 6.45) is 1.69. The molecular formula is C16H12FNO. The first-order valence-electron chi connectivity index (χ1n) is 5.97. The fraction of sp³-hybridized carbons (Fsp3) is 0.0625. The largest absolute Gasteiger partial charge is 0.497 e. The third-order valence-corrected chi connectivity index (χ3v) is 3.10. The lowest BCUT2D eigenvalue weighted by Crippen LogP contribution is -1.91. The molecule has 0 radical (unpaired) electrons. The molecule has 3 aromatic rings. The first-order chi connectivity index (χ1) is 9.29. The van der Waals surface area contributed by atoms with Gasteiger partial charge in [-0.2, -0.15) is 0 Å². The number of halogens is 1. The van der Waals surface area contributed by atoms with Crippen molar-refractivity contribution in [1.29, 1.82) is 0 Å². The zero-order chi connectivity index (χ0) is 13.2. The fourth-order valence-electron chi connectivity index (χ4n) is 2.08. The molecule has 3 heteroatoms. The second kappa shape index (κ2) is 4.69. The summed E-state index contributed by atoms with van der Waals surface area (Å²) in [5.41, 5.74) is 1.10. The number of hydrogen-bond acceptors (Lipinski definition) is 2. The van der Waals surface area contributed by atoms with Crippen molar-refractivity contribution < 1.29 is 9.13 Å². The zero-order valence-corrected chi connectivity index (χ0v) is 10.4. The normalized spacial score (nSPS) is 10.6. The average Bonchev–Trinajstić information content (AvgIpc) is 2.48. The Balaban J connectivity index is 2.16. The van der Waals surface area contributed by atoms with E-state index in [0.717, 1.165) is 16.7 Å². The van der Waals surface area contributed by atoms with E-state index in [9.17, 15) is 4.39 Å². The van der Waals surface area contributed by atoms with E-state index >= 15 is 0 Å². The number of methoxy groups -OCH3 is 1. The van der Waals surface area contributed by atoms with Gasteiger partial charge in [-0.1, -0.05) is 24.3 Å². The molecule has 0 saturated carbocycles. The van der Waals surface area contributed by atoms with Crippen LogP contribution in [0.25, 0.3) is 22.0 Å². The predicted octanol–water partition coefficient (Wildman–Crippen LogP) is 4.05. The van der Waals surface area contributed by atoms with Gasteiger partial charge in [-0.25, -0.2) is 4.39 Å². The minimum atomic E-state index is -0.289. The van der Waals surface area contributed by atoms with E-state index < -0.39 is 0 Å². The Kier molecular flexibility index (Phi) is 2.88. The number of rotatable bonds is 2. The van der Waals surface area contributed by atoms with Gasteiger partial charge >= 0.3 is 0 Å². The van der Waals surface area contributed by atoms with Crippen molar-refractivity contribution in [2.45, 2.75) is 0 Å². The molecule has 0 unspecified atom stereocenters. The highest BCUT2D eigenvalue weighted by molar-refractivity contribution is 5.86. The van der Waals surface area contributed by atoms with Crippen LogP contribution in [0.1, 0.15) is 0 Å². The highest BCUT2D eigenvalue weighted by Crippen LogP contribution is 2.27. The van der Waals surface area contributed by atoms with E-state index in [4.69, 9.17) is 4.74 Å². The maximum Gasteiger partial charge on any atom is 0.157 e. The van der Waals surface area contributed by atoms with Crippen molar-refractivity contribution >= 4 is 10.8 Å². The molecule has 1 heterocycles. The maximum atomic E-state index is 14.4. The minimum Gasteiger partial charge on any atom is -0.497 e. The summed E-state index contributed by atoms with van der Waals surface area (Å²) in [5.74, 6) is 0.452. The lowest BCUT2D eigenvalue weighted by Gasteiger charge is -2.06. The van der Waals surface area contributed by atoms with Gasteiger partial charge < -0.3 is 4.74 Å². The van der Waals surface area contributed by atoms with Crippen molar-refractivity contribution in [3.05, 3.63) is 60.5 Å². The monoisotopic (exact) mass is 253 g/mol. The molecule has 0 aliphatic rings. The van der Waals surface area contributed by atoms with E-state index in [2.05, 4.69) is 4.98 Å². The second-order valence-corrected chi connectivity index (χ2v) is 4.24. The van der Waals surface area contributed by atoms with Crippen molar-refractivity contribution in [3.8, 4) is 17.0 Å². The van der Waals surface area contributed by atoms with Crippen LogP contribution < -0.4 is 4.74 Å². The molecule has 2 aromatic carbocycles. The molecule has 0 N–H and O–H groups in total. The van der Waals surface area contributed by atoms with E-state index in [1.165, 1.54) is 0 Å². The smallest absolute Gasteiger partial charge is 0.157 e. The molecule has 0 spiro atoms. The summed E-state index contributed by atoms with van der Waals surface area (Å²) >= 11 is 0. The second-order valence-electron chi connectivity index (χ2n) is 4.24. The summed E-state index contributed by atoms with van der Waals surface area (Å²) in [4.78, 5) is 4.22. The summed E-state index contributed by atoms with van der Waals surface area (Å²) in [6.45, 7) is 0. The fourth-order valence-corrected chi connectivity index (χ4v) is 2.08. The maximum absolute atomic E-state index is 14.4. The molecule has 94 valence electrons. The van der Waals surface area contributed by atoms with Crippen LogP contribution in [0.2, 0.25) is 0 Å². The Labute approximate surface area is 110 Å². The van der Waals surface area contributed by atoms with Crippen molar-refractivity contribution in [1.82, 2.24) is 4.98 Å². The molecule has 0 atom stereocenters. The van der Waals surface area contributed by atoms with Crippen LogP contribution in [0.4, 0.5) is 4.39 Å². The van der Waals surface area contributed by atoms with Crippen LogP contribution in [0.5, 0.6) is 5.75 Å². The number of nitrogens with zero attached hydrogens (tertiary/aromatic N) is 1. The zero-order valence-electron chi connectivity index (χ0n) is 10.4. The summed E-state index contributed by atoms with van der Waals surface area (Å²) in [7, 11) is 1.60. The number of fused-ring (bicyclic) bond motifs is 1. The average molecular weight is 253 g/mol. The molecule has 0 bridgehead atoms. The number of aromatic nitrogens is 1. The molecule has 2 nitrogen and oxygen atoms in total. The van der Waals surface area contributed by atoms with Gasteiger partial charge in [0.05, 0.1) is 7.11 Å². The Hall–Kier alpha value is -2.42. The van der Waals surface area contributed by atoms with Crippen LogP contribution in [-0.4, -0.2) is 12.1 Å².